The van der Waals surface area contributed by atoms with Gasteiger partial charge in [-0.3, -0.25) is 0 Å². The fraction of sp³-hybridized carbons (Fsp3) is 1.00. The summed E-state index contributed by atoms with van der Waals surface area (Å²) in [7, 11) is 0. The van der Waals surface area contributed by atoms with Crippen LogP contribution in [0, 0.1) is 0 Å². The highest BCUT2D eigenvalue weighted by molar-refractivity contribution is 4.88. The monoisotopic (exact) mass is 250 g/mol. The van der Waals surface area contributed by atoms with Crippen molar-refractivity contribution in [2.45, 2.75) is 56.9 Å². The molecule has 5 atom stereocenters. The molecule has 1 aliphatic rings. The van der Waals surface area contributed by atoms with Gasteiger partial charge < -0.3 is 29.9 Å². The van der Waals surface area contributed by atoms with E-state index in [0.29, 0.717) is 6.61 Å². The highest BCUT2D eigenvalue weighted by atomic mass is 16.7. The summed E-state index contributed by atoms with van der Waals surface area (Å²) in [4.78, 5) is 0. The molecule has 1 fully saturated rings. The van der Waals surface area contributed by atoms with E-state index in [1.807, 2.05) is 0 Å². The molecule has 0 aromatic rings. The van der Waals surface area contributed by atoms with Crippen LogP contribution in [0.3, 0.4) is 0 Å². The van der Waals surface area contributed by atoms with Crippen LogP contribution in [-0.2, 0) is 9.47 Å². The third kappa shape index (κ3) is 3.87. The van der Waals surface area contributed by atoms with Crippen LogP contribution in [0.5, 0.6) is 0 Å². The number of aliphatic hydroxyl groups is 4. The van der Waals surface area contributed by atoms with Crippen molar-refractivity contribution >= 4 is 0 Å². The van der Waals surface area contributed by atoms with Crippen molar-refractivity contribution in [1.29, 1.82) is 0 Å². The van der Waals surface area contributed by atoms with Crippen molar-refractivity contribution in [2.75, 3.05) is 13.2 Å². The van der Waals surface area contributed by atoms with Crippen molar-refractivity contribution in [1.82, 2.24) is 0 Å². The minimum absolute atomic E-state index is 0.413. The number of rotatable bonds is 6. The fourth-order valence-electron chi connectivity index (χ4n) is 1.76. The van der Waals surface area contributed by atoms with E-state index in [1.54, 1.807) is 0 Å². The number of hydrogen-bond acceptors (Lipinski definition) is 6. The Balaban J connectivity index is 2.42. The second kappa shape index (κ2) is 7.25. The Morgan fingerprint density at radius 2 is 1.76 bits per heavy atom. The van der Waals surface area contributed by atoms with Crippen LogP contribution in [-0.4, -0.2) is 64.3 Å². The Morgan fingerprint density at radius 3 is 2.35 bits per heavy atom. The molecule has 1 heterocycles. The normalized spacial score (nSPS) is 38.3. The largest absolute Gasteiger partial charge is 0.394 e. The lowest BCUT2D eigenvalue weighted by Crippen LogP contribution is -2.59. The highest BCUT2D eigenvalue weighted by Crippen LogP contribution is 2.22. The van der Waals surface area contributed by atoms with Gasteiger partial charge in [-0.1, -0.05) is 19.8 Å². The second-order valence-electron chi connectivity index (χ2n) is 4.28. The minimum atomic E-state index is -1.36. The fourth-order valence-corrected chi connectivity index (χ4v) is 1.76. The van der Waals surface area contributed by atoms with Gasteiger partial charge in [-0.25, -0.2) is 0 Å². The number of unbranched alkanes of at least 4 members (excludes halogenated alkanes) is 2. The Kier molecular flexibility index (Phi) is 6.32. The molecule has 1 rings (SSSR count). The summed E-state index contributed by atoms with van der Waals surface area (Å²) in [5.74, 6) is 0. The van der Waals surface area contributed by atoms with Gasteiger partial charge in [-0.05, 0) is 6.42 Å². The quantitative estimate of drug-likeness (QED) is 0.451. The molecule has 0 amide bonds. The molecule has 1 aliphatic heterocycles. The molecule has 0 spiro atoms. The maximum absolute atomic E-state index is 9.64. The average Bonchev–Trinajstić information content (AvgIpc) is 2.34. The van der Waals surface area contributed by atoms with E-state index in [2.05, 4.69) is 6.92 Å². The predicted octanol–water partition coefficient (Wildman–Crippen LogP) is -1.01. The lowest BCUT2D eigenvalue weighted by molar-refractivity contribution is -0.301. The first-order chi connectivity index (χ1) is 8.11. The van der Waals surface area contributed by atoms with Gasteiger partial charge in [0.15, 0.2) is 6.29 Å². The van der Waals surface area contributed by atoms with Crippen LogP contribution in [0.1, 0.15) is 26.2 Å². The molecule has 17 heavy (non-hydrogen) atoms. The molecule has 102 valence electrons. The van der Waals surface area contributed by atoms with Gasteiger partial charge >= 0.3 is 0 Å². The second-order valence-corrected chi connectivity index (χ2v) is 4.28. The van der Waals surface area contributed by atoms with E-state index in [-0.39, 0.29) is 0 Å². The molecule has 4 N–H and O–H groups in total. The molecule has 6 nitrogen and oxygen atoms in total. The van der Waals surface area contributed by atoms with Crippen LogP contribution in [0.4, 0.5) is 0 Å². The van der Waals surface area contributed by atoms with Crippen LogP contribution in [0.25, 0.3) is 0 Å². The van der Waals surface area contributed by atoms with E-state index in [0.717, 1.165) is 19.3 Å². The average molecular weight is 250 g/mol. The summed E-state index contributed by atoms with van der Waals surface area (Å²) in [6, 6.07) is 0. The number of aliphatic hydroxyl groups excluding tert-OH is 4. The Morgan fingerprint density at radius 1 is 1.06 bits per heavy atom. The van der Waals surface area contributed by atoms with E-state index in [9.17, 15) is 15.3 Å². The van der Waals surface area contributed by atoms with Crippen LogP contribution < -0.4 is 0 Å². The summed E-state index contributed by atoms with van der Waals surface area (Å²) in [5.41, 5.74) is 0. The molecule has 0 saturated carbocycles. The lowest BCUT2D eigenvalue weighted by atomic mass is 9.99. The molecule has 0 aromatic heterocycles. The number of hydrogen-bond donors (Lipinski definition) is 4. The minimum Gasteiger partial charge on any atom is -0.394 e. The van der Waals surface area contributed by atoms with Crippen molar-refractivity contribution in [3.8, 4) is 0 Å². The van der Waals surface area contributed by atoms with E-state index in [1.165, 1.54) is 0 Å². The van der Waals surface area contributed by atoms with E-state index < -0.39 is 37.3 Å². The molecule has 0 radical (unpaired) electrons. The molecule has 0 bridgehead atoms. The standard InChI is InChI=1S/C11H22O6/c1-2-3-4-5-16-11-10(15)9(14)8(13)7(6-12)17-11/h7-15H,2-6H2,1H3/t7-,8+,9-,10-,11?/m1/s1. The first-order valence-electron chi connectivity index (χ1n) is 6.04. The van der Waals surface area contributed by atoms with Gasteiger partial charge in [0, 0.05) is 6.61 Å². The molecule has 1 unspecified atom stereocenters. The SMILES string of the molecule is CCCCCOC1O[C@H](CO)[C@H](O)[C@@H](O)[C@H]1O. The summed E-state index contributed by atoms with van der Waals surface area (Å²) in [6.45, 7) is 2.05. The maximum Gasteiger partial charge on any atom is 0.186 e. The highest BCUT2D eigenvalue weighted by Gasteiger charge is 2.43. The van der Waals surface area contributed by atoms with Crippen molar-refractivity contribution in [2.24, 2.45) is 0 Å². The maximum atomic E-state index is 9.64. The zero-order chi connectivity index (χ0) is 12.8. The van der Waals surface area contributed by atoms with Gasteiger partial charge in [0.25, 0.3) is 0 Å². The molecular formula is C11H22O6. The van der Waals surface area contributed by atoms with Crippen molar-refractivity contribution in [3.63, 3.8) is 0 Å². The van der Waals surface area contributed by atoms with Crippen molar-refractivity contribution < 1.29 is 29.9 Å². The van der Waals surface area contributed by atoms with Crippen molar-refractivity contribution in [3.05, 3.63) is 0 Å². The topological polar surface area (TPSA) is 99.4 Å². The summed E-state index contributed by atoms with van der Waals surface area (Å²) < 4.78 is 10.5. The van der Waals surface area contributed by atoms with Crippen LogP contribution >= 0.6 is 0 Å². The smallest absolute Gasteiger partial charge is 0.186 e. The Bertz CT molecular complexity index is 210. The third-order valence-electron chi connectivity index (χ3n) is 2.88. The molecule has 0 aliphatic carbocycles. The first kappa shape index (κ1) is 14.8. The van der Waals surface area contributed by atoms with Gasteiger partial charge in [-0.15, -0.1) is 0 Å². The molecule has 1 saturated heterocycles. The summed E-state index contributed by atoms with van der Waals surface area (Å²) >= 11 is 0. The van der Waals surface area contributed by atoms with Crippen LogP contribution in [0.15, 0.2) is 0 Å². The van der Waals surface area contributed by atoms with E-state index in [4.69, 9.17) is 14.6 Å². The predicted molar refractivity (Wildman–Crippen MR) is 59.2 cm³/mol. The summed E-state index contributed by atoms with van der Waals surface area (Å²) in [5, 5.41) is 37.6. The van der Waals surface area contributed by atoms with Gasteiger partial charge in [0.1, 0.15) is 24.4 Å². The molecular weight excluding hydrogens is 228 g/mol. The van der Waals surface area contributed by atoms with Gasteiger partial charge in [0.2, 0.25) is 0 Å². The van der Waals surface area contributed by atoms with Gasteiger partial charge in [-0.2, -0.15) is 0 Å². The van der Waals surface area contributed by atoms with E-state index >= 15 is 0 Å². The lowest BCUT2D eigenvalue weighted by Gasteiger charge is -2.39. The Hall–Kier alpha value is -0.240. The zero-order valence-electron chi connectivity index (χ0n) is 10.0. The molecule has 6 heteroatoms. The van der Waals surface area contributed by atoms with Gasteiger partial charge in [0.05, 0.1) is 6.61 Å². The summed E-state index contributed by atoms with van der Waals surface area (Å²) in [6.07, 6.45) is -2.98. The first-order valence-corrected chi connectivity index (χ1v) is 6.04. The third-order valence-corrected chi connectivity index (χ3v) is 2.88. The molecule has 0 aromatic carbocycles. The zero-order valence-corrected chi connectivity index (χ0v) is 10.0. The Labute approximate surface area is 101 Å². The van der Waals surface area contributed by atoms with Crippen LogP contribution in [0.2, 0.25) is 0 Å². The number of ether oxygens (including phenoxy) is 2.